The molecule has 0 radical (unpaired) electrons. The van der Waals surface area contributed by atoms with Crippen molar-refractivity contribution in [1.29, 1.82) is 0 Å². The summed E-state index contributed by atoms with van der Waals surface area (Å²) in [6.07, 6.45) is 0.126. The van der Waals surface area contributed by atoms with Gasteiger partial charge in [-0.25, -0.2) is 8.78 Å². The van der Waals surface area contributed by atoms with E-state index in [9.17, 15) is 8.78 Å². The molecule has 0 aliphatic carbocycles. The number of halogens is 5. The molecule has 0 saturated carbocycles. The molecule has 0 aromatic heterocycles. The normalized spacial score (nSPS) is 12.5. The maximum atomic E-state index is 14.0. The van der Waals surface area contributed by atoms with Gasteiger partial charge < -0.3 is 5.73 Å². The molecule has 2 aromatic carbocycles. The van der Waals surface area contributed by atoms with Gasteiger partial charge in [0.1, 0.15) is 11.6 Å². The highest BCUT2D eigenvalue weighted by Crippen LogP contribution is 2.31. The lowest BCUT2D eigenvalue weighted by Crippen LogP contribution is -2.16. The van der Waals surface area contributed by atoms with Crippen molar-refractivity contribution in [3.05, 3.63) is 67.6 Å². The molecule has 1 unspecified atom stereocenters. The molecule has 1 atom stereocenters. The van der Waals surface area contributed by atoms with Gasteiger partial charge in [-0.05, 0) is 40.0 Å². The second kappa shape index (κ2) is 6.39. The molecule has 0 spiro atoms. The van der Waals surface area contributed by atoms with Crippen molar-refractivity contribution < 1.29 is 8.78 Å². The van der Waals surface area contributed by atoms with Crippen molar-refractivity contribution in [3.8, 4) is 0 Å². The van der Waals surface area contributed by atoms with Gasteiger partial charge in [-0.2, -0.15) is 0 Å². The number of benzene rings is 2. The van der Waals surface area contributed by atoms with Crippen LogP contribution in [0.25, 0.3) is 0 Å². The summed E-state index contributed by atoms with van der Waals surface area (Å²) in [4.78, 5) is 0. The third-order valence-corrected chi connectivity index (χ3v) is 4.49. The standard InChI is InChI=1S/C14H10BrCl2F2N/c15-9-5-4-8(14(19)12(9)17)11(20)6-7-2-1-3-10(16)13(7)18/h1-5,11H,6,20H2. The first-order valence-electron chi connectivity index (χ1n) is 5.73. The summed E-state index contributed by atoms with van der Waals surface area (Å²) >= 11 is 14.6. The molecule has 0 amide bonds. The smallest absolute Gasteiger partial charge is 0.147 e. The predicted molar refractivity (Wildman–Crippen MR) is 81.2 cm³/mol. The number of nitrogens with two attached hydrogens (primary N) is 1. The van der Waals surface area contributed by atoms with Crippen LogP contribution in [-0.4, -0.2) is 0 Å². The van der Waals surface area contributed by atoms with Crippen molar-refractivity contribution >= 4 is 39.1 Å². The zero-order valence-corrected chi connectivity index (χ0v) is 13.2. The Morgan fingerprint density at radius 3 is 2.50 bits per heavy atom. The van der Waals surface area contributed by atoms with Crippen molar-refractivity contribution in [2.45, 2.75) is 12.5 Å². The first-order valence-corrected chi connectivity index (χ1v) is 7.28. The van der Waals surface area contributed by atoms with Crippen LogP contribution in [0.5, 0.6) is 0 Å². The minimum atomic E-state index is -0.714. The third-order valence-electron chi connectivity index (χ3n) is 2.94. The van der Waals surface area contributed by atoms with Crippen molar-refractivity contribution in [2.75, 3.05) is 0 Å². The van der Waals surface area contributed by atoms with E-state index in [1.54, 1.807) is 18.2 Å². The second-order valence-electron chi connectivity index (χ2n) is 4.29. The topological polar surface area (TPSA) is 26.0 Å². The third kappa shape index (κ3) is 3.14. The number of hydrogen-bond donors (Lipinski definition) is 1. The fourth-order valence-corrected chi connectivity index (χ4v) is 2.55. The quantitative estimate of drug-likeness (QED) is 0.720. The van der Waals surface area contributed by atoms with Crippen LogP contribution in [0.15, 0.2) is 34.8 Å². The molecular weight excluding hydrogens is 371 g/mol. The maximum Gasteiger partial charge on any atom is 0.147 e. The van der Waals surface area contributed by atoms with E-state index >= 15 is 0 Å². The zero-order chi connectivity index (χ0) is 14.9. The van der Waals surface area contributed by atoms with Crippen LogP contribution in [0, 0.1) is 11.6 Å². The lowest BCUT2D eigenvalue weighted by molar-refractivity contribution is 0.563. The number of hydrogen-bond acceptors (Lipinski definition) is 1. The van der Waals surface area contributed by atoms with E-state index in [4.69, 9.17) is 28.9 Å². The lowest BCUT2D eigenvalue weighted by atomic mass is 9.99. The van der Waals surface area contributed by atoms with Crippen LogP contribution in [-0.2, 0) is 6.42 Å². The number of rotatable bonds is 3. The molecule has 0 heterocycles. The van der Waals surface area contributed by atoms with Crippen molar-refractivity contribution in [3.63, 3.8) is 0 Å². The Balaban J connectivity index is 2.31. The summed E-state index contributed by atoms with van der Waals surface area (Å²) in [5.41, 5.74) is 6.51. The molecule has 0 aliphatic rings. The summed E-state index contributed by atoms with van der Waals surface area (Å²) in [7, 11) is 0. The molecule has 2 aromatic rings. The summed E-state index contributed by atoms with van der Waals surface area (Å²) in [5.74, 6) is -1.13. The van der Waals surface area contributed by atoms with Gasteiger partial charge in [0.2, 0.25) is 0 Å². The van der Waals surface area contributed by atoms with Gasteiger partial charge in [0.25, 0.3) is 0 Å². The minimum absolute atomic E-state index is 0.0176. The summed E-state index contributed by atoms with van der Waals surface area (Å²) in [6.45, 7) is 0. The van der Waals surface area contributed by atoms with Crippen LogP contribution in [0.4, 0.5) is 8.78 Å². The molecule has 106 valence electrons. The summed E-state index contributed by atoms with van der Waals surface area (Å²) in [5, 5.41) is -0.0199. The van der Waals surface area contributed by atoms with E-state index in [0.29, 0.717) is 10.0 Å². The van der Waals surface area contributed by atoms with Crippen molar-refractivity contribution in [2.24, 2.45) is 5.73 Å². The largest absolute Gasteiger partial charge is 0.324 e. The Hall–Kier alpha value is -0.680. The monoisotopic (exact) mass is 379 g/mol. The Morgan fingerprint density at radius 2 is 1.80 bits per heavy atom. The van der Waals surface area contributed by atoms with Gasteiger partial charge in [0, 0.05) is 16.1 Å². The van der Waals surface area contributed by atoms with Crippen molar-refractivity contribution in [1.82, 2.24) is 0 Å². The van der Waals surface area contributed by atoms with Crippen LogP contribution in [0.1, 0.15) is 17.2 Å². The molecule has 2 rings (SSSR count). The Labute approximate surface area is 133 Å². The SMILES string of the molecule is NC(Cc1cccc(Cl)c1F)c1ccc(Br)c(Cl)c1F. The van der Waals surface area contributed by atoms with Gasteiger partial charge in [-0.15, -0.1) is 0 Å². The summed E-state index contributed by atoms with van der Waals surface area (Å²) < 4.78 is 28.3. The second-order valence-corrected chi connectivity index (χ2v) is 5.93. The molecule has 20 heavy (non-hydrogen) atoms. The molecule has 2 N–H and O–H groups in total. The van der Waals surface area contributed by atoms with E-state index in [0.717, 1.165) is 0 Å². The lowest BCUT2D eigenvalue weighted by Gasteiger charge is -2.15. The molecule has 0 bridgehead atoms. The highest BCUT2D eigenvalue weighted by atomic mass is 79.9. The minimum Gasteiger partial charge on any atom is -0.324 e. The average Bonchev–Trinajstić information content (AvgIpc) is 2.41. The van der Waals surface area contributed by atoms with E-state index in [2.05, 4.69) is 15.9 Å². The highest BCUT2D eigenvalue weighted by Gasteiger charge is 2.18. The molecule has 6 heteroatoms. The van der Waals surface area contributed by atoms with E-state index in [1.807, 2.05) is 0 Å². The molecule has 1 nitrogen and oxygen atoms in total. The van der Waals surface area contributed by atoms with E-state index < -0.39 is 17.7 Å². The van der Waals surface area contributed by atoms with E-state index in [-0.39, 0.29) is 22.0 Å². The zero-order valence-electron chi connectivity index (χ0n) is 10.1. The van der Waals surface area contributed by atoms with Crippen LogP contribution >= 0.6 is 39.1 Å². The first-order chi connectivity index (χ1) is 9.41. The Kier molecular flexibility index (Phi) is 5.02. The first kappa shape index (κ1) is 15.7. The predicted octanol–water partition coefficient (Wildman–Crippen LogP) is 5.28. The molecule has 0 aliphatic heterocycles. The van der Waals surface area contributed by atoms with Gasteiger partial charge >= 0.3 is 0 Å². The Morgan fingerprint density at radius 1 is 1.10 bits per heavy atom. The fourth-order valence-electron chi connectivity index (χ4n) is 1.88. The fraction of sp³-hybridized carbons (Fsp3) is 0.143. The van der Waals surface area contributed by atoms with E-state index in [1.165, 1.54) is 12.1 Å². The van der Waals surface area contributed by atoms with Crippen LogP contribution in [0.3, 0.4) is 0 Å². The van der Waals surface area contributed by atoms with Crippen LogP contribution < -0.4 is 5.73 Å². The van der Waals surface area contributed by atoms with Gasteiger partial charge in [-0.3, -0.25) is 0 Å². The Bertz CT molecular complexity index is 649. The van der Waals surface area contributed by atoms with Gasteiger partial charge in [0.05, 0.1) is 10.0 Å². The molecule has 0 fully saturated rings. The van der Waals surface area contributed by atoms with Gasteiger partial charge in [0.15, 0.2) is 0 Å². The summed E-state index contributed by atoms with van der Waals surface area (Å²) in [6, 6.07) is 7.06. The van der Waals surface area contributed by atoms with Crippen LogP contribution in [0.2, 0.25) is 10.0 Å². The maximum absolute atomic E-state index is 14.0. The highest BCUT2D eigenvalue weighted by molar-refractivity contribution is 9.10. The molecule has 0 saturated heterocycles. The average molecular weight is 381 g/mol. The molecular formula is C14H10BrCl2F2N. The van der Waals surface area contributed by atoms with Gasteiger partial charge in [-0.1, -0.05) is 41.4 Å².